The lowest BCUT2D eigenvalue weighted by molar-refractivity contribution is -0.137. The predicted molar refractivity (Wildman–Crippen MR) is 130 cm³/mol. The Morgan fingerprint density at radius 2 is 1.84 bits per heavy atom. The third-order valence-electron chi connectivity index (χ3n) is 6.77. The highest BCUT2D eigenvalue weighted by atomic mass is 19.4. The summed E-state index contributed by atoms with van der Waals surface area (Å²) in [5.41, 5.74) is -2.67. The maximum absolute atomic E-state index is 15.4. The molecule has 1 saturated carbocycles. The quantitative estimate of drug-likeness (QED) is 0.259. The molecule has 0 bridgehead atoms. The number of hydrogen-bond acceptors (Lipinski definition) is 4. The van der Waals surface area contributed by atoms with E-state index in [0.29, 0.717) is 11.6 Å². The van der Waals surface area contributed by atoms with Crippen LogP contribution in [0, 0.1) is 11.6 Å². The Morgan fingerprint density at radius 1 is 1.13 bits per heavy atom. The number of carbonyl (C=O) groups excluding carboxylic acids is 2. The smallest absolute Gasteiger partial charge is 0.416 e. The molecule has 4 rings (SSSR count). The van der Waals surface area contributed by atoms with E-state index in [-0.39, 0.29) is 47.9 Å². The lowest BCUT2D eigenvalue weighted by Crippen LogP contribution is -2.29. The van der Waals surface area contributed by atoms with Crippen molar-refractivity contribution in [3.63, 3.8) is 0 Å². The number of nitrogens with zero attached hydrogens (tertiary/aromatic N) is 2. The van der Waals surface area contributed by atoms with Crippen molar-refractivity contribution in [2.45, 2.75) is 57.7 Å². The van der Waals surface area contributed by atoms with Gasteiger partial charge in [-0.05, 0) is 57.4 Å². The van der Waals surface area contributed by atoms with Gasteiger partial charge in [0.1, 0.15) is 11.6 Å². The molecule has 0 spiro atoms. The van der Waals surface area contributed by atoms with Crippen LogP contribution in [0.25, 0.3) is 11.1 Å². The highest BCUT2D eigenvalue weighted by Gasteiger charge is 2.53. The average molecular weight is 536 g/mol. The number of benzene rings is 2. The fourth-order valence-corrected chi connectivity index (χ4v) is 4.31. The van der Waals surface area contributed by atoms with Gasteiger partial charge >= 0.3 is 12.1 Å². The normalized spacial score (nSPS) is 15.2. The van der Waals surface area contributed by atoms with Crippen LogP contribution in [0.3, 0.4) is 0 Å². The number of nitrogens with one attached hydrogen (secondary N) is 1. The largest absolute Gasteiger partial charge is 0.462 e. The van der Waals surface area contributed by atoms with E-state index < -0.39 is 40.7 Å². The molecule has 11 heteroatoms. The third kappa shape index (κ3) is 5.14. The summed E-state index contributed by atoms with van der Waals surface area (Å²) in [6.07, 6.45) is -0.520. The van der Waals surface area contributed by atoms with Gasteiger partial charge in [0.25, 0.3) is 0 Å². The van der Waals surface area contributed by atoms with Gasteiger partial charge < -0.3 is 10.1 Å². The molecule has 202 valence electrons. The molecule has 1 heterocycles. The number of aromatic nitrogens is 2. The Hall–Kier alpha value is -3.76. The first-order valence-electron chi connectivity index (χ1n) is 12.1. The molecule has 38 heavy (non-hydrogen) atoms. The van der Waals surface area contributed by atoms with Gasteiger partial charge in [-0.25, -0.2) is 13.6 Å². The highest BCUT2D eigenvalue weighted by molar-refractivity contribution is 6.04. The minimum atomic E-state index is -4.73. The fraction of sp³-hybridized carbons (Fsp3) is 0.370. The molecule has 1 atom stereocenters. The summed E-state index contributed by atoms with van der Waals surface area (Å²) < 4.78 is 75.7. The number of ether oxygens (including phenoxy) is 1. The van der Waals surface area contributed by atoms with Crippen molar-refractivity contribution in [2.75, 3.05) is 11.9 Å². The number of carbonyl (C=O) groups is 2. The highest BCUT2D eigenvalue weighted by Crippen LogP contribution is 2.50. The molecule has 1 aromatic heterocycles. The second-order valence-electron chi connectivity index (χ2n) is 9.30. The molecule has 0 aliphatic heterocycles. The van der Waals surface area contributed by atoms with Crippen molar-refractivity contribution in [1.29, 1.82) is 0 Å². The Morgan fingerprint density at radius 3 is 2.42 bits per heavy atom. The van der Waals surface area contributed by atoms with Gasteiger partial charge in [0.15, 0.2) is 0 Å². The van der Waals surface area contributed by atoms with E-state index in [2.05, 4.69) is 10.4 Å². The number of alkyl halides is 3. The van der Waals surface area contributed by atoms with E-state index in [4.69, 9.17) is 4.74 Å². The fourth-order valence-electron chi connectivity index (χ4n) is 4.31. The van der Waals surface area contributed by atoms with Gasteiger partial charge in [0.05, 0.1) is 29.3 Å². The summed E-state index contributed by atoms with van der Waals surface area (Å²) in [4.78, 5) is 25.9. The van der Waals surface area contributed by atoms with E-state index in [0.717, 1.165) is 24.6 Å². The van der Waals surface area contributed by atoms with Crippen LogP contribution in [0.5, 0.6) is 0 Å². The van der Waals surface area contributed by atoms with Gasteiger partial charge in [-0.2, -0.15) is 18.3 Å². The molecule has 1 aliphatic rings. The standard InChI is InChI=1S/C27H26F5N3O3/c1-4-15(3)35-14-16(13-33-35)23-19(24(36)38-5-2)11-18(12-22(23)29)34-25(37)26(8-9-26)20-7-6-17(10-21(20)28)27(30,31)32/h6-7,10-15H,4-5,8-9H2,1-3H3,(H,34,37)/t15-/m1/s1. The first-order chi connectivity index (χ1) is 17.9. The Balaban J connectivity index is 1.68. The first-order valence-corrected chi connectivity index (χ1v) is 12.1. The Bertz CT molecular complexity index is 1380. The number of hydrogen-bond donors (Lipinski definition) is 1. The van der Waals surface area contributed by atoms with Gasteiger partial charge in [-0.1, -0.05) is 13.0 Å². The number of anilines is 1. The Kier molecular flexibility index (Phi) is 7.31. The van der Waals surface area contributed by atoms with Crippen LogP contribution in [0.1, 0.15) is 67.6 Å². The van der Waals surface area contributed by atoms with Crippen LogP contribution in [0.4, 0.5) is 27.6 Å². The van der Waals surface area contributed by atoms with Gasteiger partial charge in [0, 0.05) is 34.6 Å². The van der Waals surface area contributed by atoms with Gasteiger partial charge in [-0.3, -0.25) is 9.48 Å². The lowest BCUT2D eigenvalue weighted by Gasteiger charge is -2.19. The SMILES string of the molecule is CCOC(=O)c1cc(NC(=O)C2(c3ccc(C(F)(F)F)cc3F)CC2)cc(F)c1-c1cnn([C@H](C)CC)c1. The molecular weight excluding hydrogens is 509 g/mol. The van der Waals surface area contributed by atoms with Crippen molar-refractivity contribution >= 4 is 17.6 Å². The number of halogens is 5. The van der Waals surface area contributed by atoms with Crippen LogP contribution in [0.2, 0.25) is 0 Å². The zero-order chi connectivity index (χ0) is 27.8. The minimum absolute atomic E-state index is 0.0267. The summed E-state index contributed by atoms with van der Waals surface area (Å²) >= 11 is 0. The summed E-state index contributed by atoms with van der Waals surface area (Å²) in [6, 6.07) is 4.35. The number of esters is 1. The van der Waals surface area contributed by atoms with Crippen LogP contribution in [-0.2, 0) is 21.1 Å². The van der Waals surface area contributed by atoms with E-state index >= 15 is 4.39 Å². The summed E-state index contributed by atoms with van der Waals surface area (Å²) in [5.74, 6) is -3.51. The number of amides is 1. The summed E-state index contributed by atoms with van der Waals surface area (Å²) in [5, 5.41) is 6.76. The molecule has 2 aromatic carbocycles. The summed E-state index contributed by atoms with van der Waals surface area (Å²) in [7, 11) is 0. The van der Waals surface area contributed by atoms with E-state index in [1.807, 2.05) is 13.8 Å². The van der Waals surface area contributed by atoms with E-state index in [1.54, 1.807) is 17.8 Å². The van der Waals surface area contributed by atoms with Gasteiger partial charge in [0.2, 0.25) is 5.91 Å². The molecule has 3 aromatic rings. The van der Waals surface area contributed by atoms with E-state index in [9.17, 15) is 27.2 Å². The van der Waals surface area contributed by atoms with Gasteiger partial charge in [-0.15, -0.1) is 0 Å². The minimum Gasteiger partial charge on any atom is -0.462 e. The lowest BCUT2D eigenvalue weighted by atomic mass is 9.93. The Labute approximate surface area is 215 Å². The van der Waals surface area contributed by atoms with E-state index in [1.165, 1.54) is 12.3 Å². The predicted octanol–water partition coefficient (Wildman–Crippen LogP) is 6.67. The zero-order valence-electron chi connectivity index (χ0n) is 21.0. The van der Waals surface area contributed by atoms with Crippen molar-refractivity contribution in [3.8, 4) is 11.1 Å². The van der Waals surface area contributed by atoms with Crippen LogP contribution in [-0.4, -0.2) is 28.3 Å². The summed E-state index contributed by atoms with van der Waals surface area (Å²) in [6.45, 7) is 5.53. The topological polar surface area (TPSA) is 73.2 Å². The molecule has 1 N–H and O–H groups in total. The van der Waals surface area contributed by atoms with Crippen LogP contribution < -0.4 is 5.32 Å². The molecule has 0 unspecified atom stereocenters. The van der Waals surface area contributed by atoms with Crippen molar-refractivity contribution in [3.05, 3.63) is 71.1 Å². The molecule has 1 amide bonds. The molecular formula is C27H26F5N3O3. The molecule has 1 aliphatic carbocycles. The second kappa shape index (κ2) is 10.2. The number of rotatable bonds is 8. The molecule has 6 nitrogen and oxygen atoms in total. The van der Waals surface area contributed by atoms with Crippen LogP contribution >= 0.6 is 0 Å². The molecule has 0 radical (unpaired) electrons. The monoisotopic (exact) mass is 535 g/mol. The average Bonchev–Trinajstić information content (AvgIpc) is 3.52. The first kappa shape index (κ1) is 27.3. The van der Waals surface area contributed by atoms with Crippen LogP contribution in [0.15, 0.2) is 42.7 Å². The van der Waals surface area contributed by atoms with Crippen molar-refractivity contribution in [2.24, 2.45) is 0 Å². The zero-order valence-corrected chi connectivity index (χ0v) is 21.0. The third-order valence-corrected chi connectivity index (χ3v) is 6.77. The molecule has 0 saturated heterocycles. The second-order valence-corrected chi connectivity index (χ2v) is 9.30. The molecule has 1 fully saturated rings. The van der Waals surface area contributed by atoms with Crippen molar-refractivity contribution in [1.82, 2.24) is 9.78 Å². The maximum Gasteiger partial charge on any atom is 0.416 e. The maximum atomic E-state index is 15.4. The van der Waals surface area contributed by atoms with Crippen molar-refractivity contribution < 1.29 is 36.3 Å².